The lowest BCUT2D eigenvalue weighted by Gasteiger charge is -2.34. The van der Waals surface area contributed by atoms with Crippen LogP contribution in [0.1, 0.15) is 17.5 Å². The molecule has 16 heavy (non-hydrogen) atoms. The van der Waals surface area contributed by atoms with Gasteiger partial charge in [-0.25, -0.2) is 0 Å². The Balaban J connectivity index is 2.38. The molecular weight excluding hydrogens is 270 g/mol. The summed E-state index contributed by atoms with van der Waals surface area (Å²) in [7, 11) is 1.72. The molecule has 0 amide bonds. The minimum Gasteiger partial charge on any atom is -0.480 e. The second kappa shape index (κ2) is 4.18. The van der Waals surface area contributed by atoms with Gasteiger partial charge in [-0.2, -0.15) is 0 Å². The molecule has 1 aromatic rings. The van der Waals surface area contributed by atoms with Crippen molar-refractivity contribution in [1.29, 1.82) is 0 Å². The van der Waals surface area contributed by atoms with Gasteiger partial charge in [0, 0.05) is 10.9 Å². The molecule has 86 valence electrons. The fraction of sp³-hybridized carbons (Fsp3) is 0.417. The Hall–Kier alpha value is -0.870. The Kier molecular flexibility index (Phi) is 3.04. The Morgan fingerprint density at radius 1 is 1.50 bits per heavy atom. The lowest BCUT2D eigenvalue weighted by molar-refractivity contribution is -0.145. The zero-order chi connectivity index (χ0) is 11.8. The summed E-state index contributed by atoms with van der Waals surface area (Å²) in [5.74, 6) is -0.763. The molecule has 0 bridgehead atoms. The Bertz CT molecular complexity index is 433. The summed E-state index contributed by atoms with van der Waals surface area (Å²) < 4.78 is 1.00. The number of aliphatic carboxylic acids is 1. The smallest absolute Gasteiger partial charge is 0.324 e. The van der Waals surface area contributed by atoms with E-state index in [1.807, 2.05) is 12.1 Å². The van der Waals surface area contributed by atoms with Gasteiger partial charge >= 0.3 is 5.97 Å². The maximum atomic E-state index is 11.3. The first kappa shape index (κ1) is 11.6. The van der Waals surface area contributed by atoms with E-state index in [0.29, 0.717) is 12.8 Å². The van der Waals surface area contributed by atoms with E-state index in [2.05, 4.69) is 27.3 Å². The number of likely N-dealkylation sites (N-methyl/N-ethyl adjacent to an activating group) is 1. The highest BCUT2D eigenvalue weighted by Crippen LogP contribution is 2.30. The molecule has 1 aliphatic carbocycles. The third-order valence-electron chi connectivity index (χ3n) is 3.37. The van der Waals surface area contributed by atoms with E-state index in [4.69, 9.17) is 0 Å². The third kappa shape index (κ3) is 1.87. The van der Waals surface area contributed by atoms with Crippen LogP contribution < -0.4 is 5.32 Å². The van der Waals surface area contributed by atoms with Crippen LogP contribution in [0.15, 0.2) is 22.7 Å². The molecule has 1 unspecified atom stereocenters. The van der Waals surface area contributed by atoms with Crippen molar-refractivity contribution in [2.45, 2.75) is 24.8 Å². The third-order valence-corrected chi connectivity index (χ3v) is 3.86. The Morgan fingerprint density at radius 2 is 2.25 bits per heavy atom. The van der Waals surface area contributed by atoms with Gasteiger partial charge in [-0.1, -0.05) is 22.0 Å². The van der Waals surface area contributed by atoms with Gasteiger partial charge < -0.3 is 10.4 Å². The van der Waals surface area contributed by atoms with E-state index in [9.17, 15) is 9.90 Å². The SMILES string of the molecule is CNC1(C(=O)O)CCc2ccc(Br)cc2C1. The van der Waals surface area contributed by atoms with Crippen LogP contribution in [-0.4, -0.2) is 23.7 Å². The van der Waals surface area contributed by atoms with E-state index in [0.717, 1.165) is 16.5 Å². The highest BCUT2D eigenvalue weighted by atomic mass is 79.9. The lowest BCUT2D eigenvalue weighted by atomic mass is 9.78. The number of nitrogens with one attached hydrogen (secondary N) is 1. The van der Waals surface area contributed by atoms with Crippen molar-refractivity contribution in [2.24, 2.45) is 0 Å². The van der Waals surface area contributed by atoms with Gasteiger partial charge in [-0.15, -0.1) is 0 Å². The second-order valence-electron chi connectivity index (χ2n) is 4.23. The van der Waals surface area contributed by atoms with E-state index >= 15 is 0 Å². The molecule has 0 spiro atoms. The molecule has 0 aliphatic heterocycles. The minimum atomic E-state index is -0.798. The summed E-state index contributed by atoms with van der Waals surface area (Å²) in [5, 5.41) is 12.3. The number of fused-ring (bicyclic) bond motifs is 1. The molecule has 0 saturated heterocycles. The molecule has 2 N–H and O–H groups in total. The first-order valence-electron chi connectivity index (χ1n) is 5.27. The average molecular weight is 284 g/mol. The molecule has 0 saturated carbocycles. The first-order valence-corrected chi connectivity index (χ1v) is 6.06. The minimum absolute atomic E-state index is 0.549. The Labute approximate surface area is 103 Å². The molecule has 1 atom stereocenters. The molecule has 0 fully saturated rings. The summed E-state index contributed by atoms with van der Waals surface area (Å²) in [6, 6.07) is 6.09. The van der Waals surface area contributed by atoms with Gasteiger partial charge in [0.1, 0.15) is 5.54 Å². The maximum absolute atomic E-state index is 11.3. The first-order chi connectivity index (χ1) is 7.57. The van der Waals surface area contributed by atoms with Crippen molar-refractivity contribution < 1.29 is 9.90 Å². The number of rotatable bonds is 2. The van der Waals surface area contributed by atoms with Crippen molar-refractivity contribution in [3.05, 3.63) is 33.8 Å². The van der Waals surface area contributed by atoms with Crippen molar-refractivity contribution in [2.75, 3.05) is 7.05 Å². The van der Waals surface area contributed by atoms with Crippen LogP contribution in [0.2, 0.25) is 0 Å². The predicted molar refractivity (Wildman–Crippen MR) is 65.6 cm³/mol. The highest BCUT2D eigenvalue weighted by molar-refractivity contribution is 9.10. The number of aryl methyl sites for hydroxylation is 1. The Morgan fingerprint density at radius 3 is 2.88 bits per heavy atom. The fourth-order valence-corrected chi connectivity index (χ4v) is 2.68. The van der Waals surface area contributed by atoms with Crippen molar-refractivity contribution >= 4 is 21.9 Å². The van der Waals surface area contributed by atoms with E-state index < -0.39 is 11.5 Å². The quantitative estimate of drug-likeness (QED) is 0.873. The maximum Gasteiger partial charge on any atom is 0.324 e. The summed E-state index contributed by atoms with van der Waals surface area (Å²) >= 11 is 3.42. The van der Waals surface area contributed by atoms with Crippen LogP contribution >= 0.6 is 15.9 Å². The van der Waals surface area contributed by atoms with Crippen molar-refractivity contribution in [1.82, 2.24) is 5.32 Å². The average Bonchev–Trinajstić information content (AvgIpc) is 2.27. The lowest BCUT2D eigenvalue weighted by Crippen LogP contribution is -2.54. The summed E-state index contributed by atoms with van der Waals surface area (Å²) in [5.41, 5.74) is 1.58. The molecule has 3 nitrogen and oxygen atoms in total. The molecule has 0 heterocycles. The van der Waals surface area contributed by atoms with Gasteiger partial charge in [0.05, 0.1) is 0 Å². The zero-order valence-corrected chi connectivity index (χ0v) is 10.7. The molecule has 4 heteroatoms. The molecule has 1 aliphatic rings. The second-order valence-corrected chi connectivity index (χ2v) is 5.14. The zero-order valence-electron chi connectivity index (χ0n) is 9.09. The summed E-state index contributed by atoms with van der Waals surface area (Å²) in [6.07, 6.45) is 2.01. The van der Waals surface area contributed by atoms with Crippen LogP contribution in [0.3, 0.4) is 0 Å². The number of carboxylic acids is 1. The monoisotopic (exact) mass is 283 g/mol. The van der Waals surface area contributed by atoms with Crippen LogP contribution in [0.5, 0.6) is 0 Å². The van der Waals surface area contributed by atoms with Gasteiger partial charge in [0.2, 0.25) is 0 Å². The van der Waals surface area contributed by atoms with Crippen molar-refractivity contribution in [3.8, 4) is 0 Å². The van der Waals surface area contributed by atoms with E-state index in [1.165, 1.54) is 5.56 Å². The normalized spacial score (nSPS) is 23.9. The summed E-state index contributed by atoms with van der Waals surface area (Å²) in [6.45, 7) is 0. The van der Waals surface area contributed by atoms with Crippen LogP contribution in [0.25, 0.3) is 0 Å². The molecular formula is C12H14BrNO2. The molecule has 1 aromatic carbocycles. The van der Waals surface area contributed by atoms with Gasteiger partial charge in [0.25, 0.3) is 0 Å². The molecule has 0 aromatic heterocycles. The highest BCUT2D eigenvalue weighted by Gasteiger charge is 2.39. The van der Waals surface area contributed by atoms with Crippen LogP contribution in [-0.2, 0) is 17.6 Å². The fourth-order valence-electron chi connectivity index (χ4n) is 2.27. The predicted octanol–water partition coefficient (Wildman–Crippen LogP) is 1.98. The number of halogens is 1. The number of carbonyl (C=O) groups is 1. The van der Waals surface area contributed by atoms with Gasteiger partial charge in [-0.3, -0.25) is 4.79 Å². The van der Waals surface area contributed by atoms with Crippen molar-refractivity contribution in [3.63, 3.8) is 0 Å². The number of hydrogen-bond donors (Lipinski definition) is 2. The van der Waals surface area contributed by atoms with E-state index in [-0.39, 0.29) is 0 Å². The topological polar surface area (TPSA) is 49.3 Å². The summed E-state index contributed by atoms with van der Waals surface area (Å²) in [4.78, 5) is 11.3. The largest absolute Gasteiger partial charge is 0.480 e. The van der Waals surface area contributed by atoms with Gasteiger partial charge in [-0.05, 0) is 43.1 Å². The number of carboxylic acid groups (broad SMARTS) is 1. The number of hydrogen-bond acceptors (Lipinski definition) is 2. The van der Waals surface area contributed by atoms with Crippen LogP contribution in [0, 0.1) is 0 Å². The van der Waals surface area contributed by atoms with Gasteiger partial charge in [0.15, 0.2) is 0 Å². The van der Waals surface area contributed by atoms with E-state index in [1.54, 1.807) is 7.05 Å². The number of benzene rings is 1. The molecule has 0 radical (unpaired) electrons. The molecule has 2 rings (SSSR count). The standard InChI is InChI=1S/C12H14BrNO2/c1-14-12(11(15)16)5-4-8-2-3-10(13)6-9(8)7-12/h2-3,6,14H,4-5,7H2,1H3,(H,15,16). The van der Waals surface area contributed by atoms with Crippen LogP contribution in [0.4, 0.5) is 0 Å².